The molecular formula is C15H26N2O. The van der Waals surface area contributed by atoms with E-state index in [1.54, 1.807) is 7.11 Å². The Labute approximate surface area is 111 Å². The van der Waals surface area contributed by atoms with Crippen LogP contribution >= 0.6 is 0 Å². The SMILES string of the molecule is CCCCCCC(NN)c1ccc(OC)c(C)c1. The molecule has 1 aromatic carbocycles. The van der Waals surface area contributed by atoms with Crippen LogP contribution in [0, 0.1) is 6.92 Å². The number of rotatable bonds is 8. The standard InChI is InChI=1S/C15H26N2O/c1-4-5-6-7-8-14(17-16)13-9-10-15(18-3)12(2)11-13/h9-11,14,17H,4-8,16H2,1-3H3. The lowest BCUT2D eigenvalue weighted by atomic mass is 9.99. The van der Waals surface area contributed by atoms with Gasteiger partial charge in [-0.15, -0.1) is 0 Å². The van der Waals surface area contributed by atoms with Gasteiger partial charge in [-0.3, -0.25) is 11.3 Å². The second-order valence-corrected chi connectivity index (χ2v) is 4.80. The van der Waals surface area contributed by atoms with E-state index >= 15 is 0 Å². The van der Waals surface area contributed by atoms with Crippen LogP contribution in [0.4, 0.5) is 0 Å². The van der Waals surface area contributed by atoms with Crippen molar-refractivity contribution in [3.8, 4) is 5.75 Å². The third kappa shape index (κ3) is 4.31. The number of hydrazine groups is 1. The molecule has 3 nitrogen and oxygen atoms in total. The van der Waals surface area contributed by atoms with Gasteiger partial charge in [-0.1, -0.05) is 44.7 Å². The van der Waals surface area contributed by atoms with E-state index in [0.717, 1.165) is 17.7 Å². The van der Waals surface area contributed by atoms with Gasteiger partial charge >= 0.3 is 0 Å². The first kappa shape index (κ1) is 15.0. The Morgan fingerprint density at radius 1 is 1.28 bits per heavy atom. The van der Waals surface area contributed by atoms with Gasteiger partial charge in [-0.25, -0.2) is 0 Å². The summed E-state index contributed by atoms with van der Waals surface area (Å²) in [5.74, 6) is 6.59. The average molecular weight is 250 g/mol. The molecule has 0 aliphatic rings. The molecule has 0 saturated carbocycles. The van der Waals surface area contributed by atoms with Crippen LogP contribution in [0.5, 0.6) is 5.75 Å². The van der Waals surface area contributed by atoms with Crippen molar-refractivity contribution in [2.24, 2.45) is 5.84 Å². The molecule has 102 valence electrons. The Kier molecular flexibility index (Phi) is 6.76. The highest BCUT2D eigenvalue weighted by Gasteiger charge is 2.10. The van der Waals surface area contributed by atoms with E-state index in [2.05, 4.69) is 31.4 Å². The van der Waals surface area contributed by atoms with Gasteiger partial charge in [0, 0.05) is 6.04 Å². The monoisotopic (exact) mass is 250 g/mol. The Morgan fingerprint density at radius 2 is 2.06 bits per heavy atom. The smallest absolute Gasteiger partial charge is 0.121 e. The molecule has 0 spiro atoms. The Bertz CT molecular complexity index is 352. The second kappa shape index (κ2) is 8.11. The number of unbranched alkanes of at least 4 members (excludes halogenated alkanes) is 3. The number of nitrogens with two attached hydrogens (primary N) is 1. The average Bonchev–Trinajstić information content (AvgIpc) is 2.39. The van der Waals surface area contributed by atoms with Crippen LogP contribution in [0.25, 0.3) is 0 Å². The predicted octanol–water partition coefficient (Wildman–Crippen LogP) is 3.48. The van der Waals surface area contributed by atoms with Crippen molar-refractivity contribution >= 4 is 0 Å². The van der Waals surface area contributed by atoms with Crippen molar-refractivity contribution < 1.29 is 4.74 Å². The molecule has 0 heterocycles. The van der Waals surface area contributed by atoms with Crippen LogP contribution in [0.2, 0.25) is 0 Å². The first-order valence-corrected chi connectivity index (χ1v) is 6.83. The van der Waals surface area contributed by atoms with Gasteiger partial charge in [-0.2, -0.15) is 0 Å². The van der Waals surface area contributed by atoms with Crippen LogP contribution in [0.1, 0.15) is 56.2 Å². The molecule has 18 heavy (non-hydrogen) atoms. The zero-order valence-electron chi connectivity index (χ0n) is 11.8. The summed E-state index contributed by atoms with van der Waals surface area (Å²) in [7, 11) is 1.70. The zero-order valence-corrected chi connectivity index (χ0v) is 11.8. The number of nitrogens with one attached hydrogen (secondary N) is 1. The summed E-state index contributed by atoms with van der Waals surface area (Å²) in [4.78, 5) is 0. The lowest BCUT2D eigenvalue weighted by Crippen LogP contribution is -2.28. The minimum Gasteiger partial charge on any atom is -0.496 e. The summed E-state index contributed by atoms with van der Waals surface area (Å²) in [5.41, 5.74) is 5.32. The molecule has 0 aromatic heterocycles. The molecule has 0 fully saturated rings. The number of benzene rings is 1. The predicted molar refractivity (Wildman–Crippen MR) is 76.6 cm³/mol. The van der Waals surface area contributed by atoms with Gasteiger partial charge in [0.05, 0.1) is 7.11 Å². The Hall–Kier alpha value is -1.06. The van der Waals surface area contributed by atoms with Crippen molar-refractivity contribution in [3.05, 3.63) is 29.3 Å². The zero-order chi connectivity index (χ0) is 13.4. The summed E-state index contributed by atoms with van der Waals surface area (Å²) in [5, 5.41) is 0. The fraction of sp³-hybridized carbons (Fsp3) is 0.600. The largest absolute Gasteiger partial charge is 0.496 e. The summed E-state index contributed by atoms with van der Waals surface area (Å²) < 4.78 is 5.27. The molecule has 0 aliphatic carbocycles. The van der Waals surface area contributed by atoms with Gasteiger partial charge in [0.15, 0.2) is 0 Å². The summed E-state index contributed by atoms with van der Waals surface area (Å²) in [6.45, 7) is 4.29. The third-order valence-electron chi connectivity index (χ3n) is 3.37. The van der Waals surface area contributed by atoms with E-state index < -0.39 is 0 Å². The fourth-order valence-corrected chi connectivity index (χ4v) is 2.24. The van der Waals surface area contributed by atoms with Gasteiger partial charge in [0.25, 0.3) is 0 Å². The first-order chi connectivity index (χ1) is 8.72. The molecule has 1 aromatic rings. The van der Waals surface area contributed by atoms with Crippen molar-refractivity contribution in [3.63, 3.8) is 0 Å². The molecule has 0 bridgehead atoms. The van der Waals surface area contributed by atoms with Crippen LogP contribution < -0.4 is 16.0 Å². The van der Waals surface area contributed by atoms with Crippen molar-refractivity contribution in [1.29, 1.82) is 0 Å². The highest BCUT2D eigenvalue weighted by Crippen LogP contribution is 2.25. The van der Waals surface area contributed by atoms with Crippen LogP contribution in [-0.4, -0.2) is 7.11 Å². The lowest BCUT2D eigenvalue weighted by Gasteiger charge is -2.17. The summed E-state index contributed by atoms with van der Waals surface area (Å²) in [6.07, 6.45) is 6.15. The highest BCUT2D eigenvalue weighted by atomic mass is 16.5. The van der Waals surface area contributed by atoms with E-state index in [-0.39, 0.29) is 6.04 Å². The minimum absolute atomic E-state index is 0.242. The quantitative estimate of drug-likeness (QED) is 0.422. The van der Waals surface area contributed by atoms with Gasteiger partial charge in [-0.05, 0) is 30.5 Å². The normalized spacial score (nSPS) is 12.4. The number of hydrogen-bond donors (Lipinski definition) is 2. The first-order valence-electron chi connectivity index (χ1n) is 6.83. The maximum Gasteiger partial charge on any atom is 0.121 e. The summed E-state index contributed by atoms with van der Waals surface area (Å²) >= 11 is 0. The molecule has 1 rings (SSSR count). The third-order valence-corrected chi connectivity index (χ3v) is 3.37. The minimum atomic E-state index is 0.242. The van der Waals surface area contributed by atoms with E-state index in [4.69, 9.17) is 10.6 Å². The van der Waals surface area contributed by atoms with Crippen molar-refractivity contribution in [2.45, 2.75) is 52.0 Å². The van der Waals surface area contributed by atoms with Crippen molar-refractivity contribution in [1.82, 2.24) is 5.43 Å². The number of aryl methyl sites for hydroxylation is 1. The van der Waals surface area contributed by atoms with E-state index in [1.807, 2.05) is 6.07 Å². The van der Waals surface area contributed by atoms with E-state index in [9.17, 15) is 0 Å². The summed E-state index contributed by atoms with van der Waals surface area (Å²) in [6, 6.07) is 6.51. The van der Waals surface area contributed by atoms with Crippen molar-refractivity contribution in [2.75, 3.05) is 7.11 Å². The van der Waals surface area contributed by atoms with Crippen LogP contribution in [-0.2, 0) is 0 Å². The molecule has 1 atom stereocenters. The molecular weight excluding hydrogens is 224 g/mol. The lowest BCUT2D eigenvalue weighted by molar-refractivity contribution is 0.410. The highest BCUT2D eigenvalue weighted by molar-refractivity contribution is 5.37. The molecule has 3 heteroatoms. The Morgan fingerprint density at radius 3 is 2.61 bits per heavy atom. The molecule has 0 radical (unpaired) electrons. The molecule has 0 amide bonds. The number of hydrogen-bond acceptors (Lipinski definition) is 3. The van der Waals surface area contributed by atoms with Gasteiger partial charge < -0.3 is 4.74 Å². The molecule has 1 unspecified atom stereocenters. The van der Waals surface area contributed by atoms with Gasteiger partial charge in [0.2, 0.25) is 0 Å². The molecule has 0 aliphatic heterocycles. The second-order valence-electron chi connectivity index (χ2n) is 4.80. The number of methoxy groups -OCH3 is 1. The number of ether oxygens (including phenoxy) is 1. The van der Waals surface area contributed by atoms with Crippen LogP contribution in [0.15, 0.2) is 18.2 Å². The van der Waals surface area contributed by atoms with E-state index in [1.165, 1.54) is 31.2 Å². The fourth-order valence-electron chi connectivity index (χ4n) is 2.24. The molecule has 0 saturated heterocycles. The topological polar surface area (TPSA) is 47.3 Å². The Balaban J connectivity index is 2.61. The molecule has 3 N–H and O–H groups in total. The van der Waals surface area contributed by atoms with Crippen LogP contribution in [0.3, 0.4) is 0 Å². The van der Waals surface area contributed by atoms with Gasteiger partial charge in [0.1, 0.15) is 5.75 Å². The maximum atomic E-state index is 5.66. The van der Waals surface area contributed by atoms with E-state index in [0.29, 0.717) is 0 Å². The maximum absolute atomic E-state index is 5.66.